The predicted octanol–water partition coefficient (Wildman–Crippen LogP) is 0.716. The minimum absolute atomic E-state index is 0.127. The molecule has 0 bridgehead atoms. The highest BCUT2D eigenvalue weighted by Gasteiger charge is 2.61. The second kappa shape index (κ2) is 8.00. The van der Waals surface area contributed by atoms with Crippen molar-refractivity contribution >= 4 is 23.5 Å². The van der Waals surface area contributed by atoms with E-state index in [1.807, 2.05) is 0 Å². The molecule has 1 aromatic rings. The fourth-order valence-electron chi connectivity index (χ4n) is 3.42. The molecular formula is C19H21N3O7. The zero-order valence-electron chi connectivity index (χ0n) is 15.8. The number of nitro benzene ring substituents is 1. The van der Waals surface area contributed by atoms with Crippen molar-refractivity contribution < 1.29 is 28.8 Å². The summed E-state index contributed by atoms with van der Waals surface area (Å²) in [4.78, 5) is 46.9. The predicted molar refractivity (Wildman–Crippen MR) is 99.9 cm³/mol. The molecule has 2 N–H and O–H groups in total. The smallest absolute Gasteiger partial charge is 0.338 e. The Morgan fingerprint density at radius 2 is 2.03 bits per heavy atom. The number of nitrogens with one attached hydrogen (secondary N) is 2. The first-order chi connectivity index (χ1) is 13.8. The van der Waals surface area contributed by atoms with Crippen molar-refractivity contribution in [2.45, 2.75) is 30.5 Å². The summed E-state index contributed by atoms with van der Waals surface area (Å²) < 4.78 is 10.2. The topological polar surface area (TPSA) is 137 Å². The second-order valence-electron chi connectivity index (χ2n) is 7.03. The summed E-state index contributed by atoms with van der Waals surface area (Å²) >= 11 is 0. The van der Waals surface area contributed by atoms with Gasteiger partial charge in [0.2, 0.25) is 5.91 Å². The molecule has 4 atom stereocenters. The molecule has 0 radical (unpaired) electrons. The maximum Gasteiger partial charge on any atom is 0.338 e. The van der Waals surface area contributed by atoms with E-state index in [-0.39, 0.29) is 36.0 Å². The Morgan fingerprint density at radius 1 is 1.34 bits per heavy atom. The summed E-state index contributed by atoms with van der Waals surface area (Å²) in [5, 5.41) is 16.4. The average Bonchev–Trinajstić information content (AvgIpc) is 3.23. The highest BCUT2D eigenvalue weighted by molar-refractivity contribution is 5.94. The molecule has 0 unspecified atom stereocenters. The third-order valence-corrected chi connectivity index (χ3v) is 5.19. The van der Waals surface area contributed by atoms with Gasteiger partial charge in [-0.3, -0.25) is 14.9 Å². The third kappa shape index (κ3) is 4.11. The fourth-order valence-corrected chi connectivity index (χ4v) is 3.42. The molecule has 1 aliphatic heterocycles. The Labute approximate surface area is 166 Å². The number of rotatable bonds is 7. The number of benzene rings is 1. The van der Waals surface area contributed by atoms with Crippen LogP contribution in [0.2, 0.25) is 0 Å². The van der Waals surface area contributed by atoms with Crippen LogP contribution in [0.15, 0.2) is 36.9 Å². The van der Waals surface area contributed by atoms with Crippen molar-refractivity contribution in [3.8, 4) is 0 Å². The number of hydrogen-bond acceptors (Lipinski definition) is 8. The molecular weight excluding hydrogens is 382 g/mol. The minimum atomic E-state index is -1.08. The van der Waals surface area contributed by atoms with Crippen LogP contribution in [0.5, 0.6) is 0 Å². The number of esters is 2. The molecule has 0 spiro atoms. The molecule has 1 saturated carbocycles. The molecule has 1 aliphatic carbocycles. The zero-order chi connectivity index (χ0) is 21.2. The van der Waals surface area contributed by atoms with Crippen LogP contribution in [0, 0.1) is 16.0 Å². The SMILES string of the molecule is C=C[C@@H]1C[C@]1(NC(=O)[C@@H]1C[C@H](OC(=O)c2ccc([N+](=O)[O-])cc2)CN1)C(=O)OC. The number of nitro groups is 1. The number of nitrogens with zero attached hydrogens (tertiary/aromatic N) is 1. The summed E-state index contributed by atoms with van der Waals surface area (Å²) in [6, 6.07) is 4.44. The van der Waals surface area contributed by atoms with Gasteiger partial charge in [-0.1, -0.05) is 6.08 Å². The molecule has 154 valence electrons. The number of methoxy groups -OCH3 is 1. The summed E-state index contributed by atoms with van der Waals surface area (Å²) in [7, 11) is 1.26. The van der Waals surface area contributed by atoms with E-state index in [0.717, 1.165) is 0 Å². The molecule has 2 fully saturated rings. The van der Waals surface area contributed by atoms with Gasteiger partial charge in [0.25, 0.3) is 5.69 Å². The number of hydrogen-bond donors (Lipinski definition) is 2. The van der Waals surface area contributed by atoms with Crippen LogP contribution < -0.4 is 10.6 Å². The van der Waals surface area contributed by atoms with E-state index in [1.54, 1.807) is 6.08 Å². The monoisotopic (exact) mass is 403 g/mol. The lowest BCUT2D eigenvalue weighted by Gasteiger charge is -2.19. The van der Waals surface area contributed by atoms with Crippen LogP contribution in [0.3, 0.4) is 0 Å². The first-order valence-corrected chi connectivity index (χ1v) is 9.02. The molecule has 3 rings (SSSR count). The van der Waals surface area contributed by atoms with Crippen molar-refractivity contribution in [2.24, 2.45) is 5.92 Å². The molecule has 2 aliphatic rings. The largest absolute Gasteiger partial charge is 0.467 e. The van der Waals surface area contributed by atoms with Gasteiger partial charge in [0.05, 0.1) is 23.6 Å². The molecule has 1 amide bonds. The van der Waals surface area contributed by atoms with Gasteiger partial charge in [0.15, 0.2) is 0 Å². The summed E-state index contributed by atoms with van der Waals surface area (Å²) in [6.07, 6.45) is 1.73. The molecule has 1 aromatic carbocycles. The van der Waals surface area contributed by atoms with Gasteiger partial charge in [-0.2, -0.15) is 0 Å². The van der Waals surface area contributed by atoms with Crippen molar-refractivity contribution in [3.05, 3.63) is 52.6 Å². The number of amides is 1. The van der Waals surface area contributed by atoms with E-state index in [0.29, 0.717) is 6.42 Å². The van der Waals surface area contributed by atoms with E-state index in [4.69, 9.17) is 9.47 Å². The second-order valence-corrected chi connectivity index (χ2v) is 7.03. The first kappa shape index (κ1) is 20.5. The quantitative estimate of drug-likeness (QED) is 0.294. The van der Waals surface area contributed by atoms with Crippen LogP contribution in [0.4, 0.5) is 5.69 Å². The van der Waals surface area contributed by atoms with Crippen LogP contribution in [0.25, 0.3) is 0 Å². The lowest BCUT2D eigenvalue weighted by molar-refractivity contribution is -0.384. The third-order valence-electron chi connectivity index (χ3n) is 5.19. The minimum Gasteiger partial charge on any atom is -0.467 e. The van der Waals surface area contributed by atoms with Crippen molar-refractivity contribution in [1.82, 2.24) is 10.6 Å². The van der Waals surface area contributed by atoms with E-state index in [2.05, 4.69) is 17.2 Å². The Hall–Kier alpha value is -3.27. The van der Waals surface area contributed by atoms with Gasteiger partial charge >= 0.3 is 11.9 Å². The van der Waals surface area contributed by atoms with Gasteiger partial charge in [-0.15, -0.1) is 6.58 Å². The van der Waals surface area contributed by atoms with Crippen molar-refractivity contribution in [3.63, 3.8) is 0 Å². The maximum atomic E-state index is 12.6. The Bertz CT molecular complexity index is 854. The van der Waals surface area contributed by atoms with Crippen LogP contribution in [0.1, 0.15) is 23.2 Å². The molecule has 0 aromatic heterocycles. The standard InChI is InChI=1S/C19H21N3O7/c1-3-12-9-19(12,18(25)28-2)21-16(23)15-8-14(10-20-15)29-17(24)11-4-6-13(7-5-11)22(26)27/h3-7,12,14-15,20H,1,8-10H2,2H3,(H,21,23)/t12-,14+,15+,19-/m1/s1. The van der Waals surface area contributed by atoms with Crippen LogP contribution >= 0.6 is 0 Å². The van der Waals surface area contributed by atoms with E-state index >= 15 is 0 Å². The lowest BCUT2D eigenvalue weighted by atomic mass is 10.1. The summed E-state index contributed by atoms with van der Waals surface area (Å²) in [5.41, 5.74) is -1.03. The van der Waals surface area contributed by atoms with Crippen molar-refractivity contribution in [1.29, 1.82) is 0 Å². The van der Waals surface area contributed by atoms with Crippen LogP contribution in [-0.2, 0) is 19.1 Å². The Morgan fingerprint density at radius 3 is 2.59 bits per heavy atom. The highest BCUT2D eigenvalue weighted by atomic mass is 16.6. The zero-order valence-corrected chi connectivity index (χ0v) is 15.8. The average molecular weight is 403 g/mol. The van der Waals surface area contributed by atoms with Crippen molar-refractivity contribution in [2.75, 3.05) is 13.7 Å². The van der Waals surface area contributed by atoms with E-state index in [1.165, 1.54) is 31.4 Å². The number of carbonyl (C=O) groups is 3. The highest BCUT2D eigenvalue weighted by Crippen LogP contribution is 2.45. The van der Waals surface area contributed by atoms with Gasteiger partial charge in [-0.05, 0) is 18.6 Å². The lowest BCUT2D eigenvalue weighted by Crippen LogP contribution is -2.51. The van der Waals surface area contributed by atoms with Gasteiger partial charge in [0.1, 0.15) is 11.6 Å². The van der Waals surface area contributed by atoms with E-state index < -0.39 is 34.5 Å². The number of ether oxygens (including phenoxy) is 2. The fraction of sp³-hybridized carbons (Fsp3) is 0.421. The number of non-ortho nitro benzene ring substituents is 1. The molecule has 10 heteroatoms. The maximum absolute atomic E-state index is 12.6. The Kier molecular flexibility index (Phi) is 5.64. The number of carbonyl (C=O) groups excluding carboxylic acids is 3. The molecule has 10 nitrogen and oxygen atoms in total. The van der Waals surface area contributed by atoms with E-state index in [9.17, 15) is 24.5 Å². The molecule has 1 saturated heterocycles. The summed E-state index contributed by atoms with van der Waals surface area (Å²) in [5.74, 6) is -1.72. The van der Waals surface area contributed by atoms with Crippen LogP contribution in [-0.4, -0.2) is 54.1 Å². The first-order valence-electron chi connectivity index (χ1n) is 9.02. The molecule has 1 heterocycles. The Balaban J connectivity index is 1.55. The summed E-state index contributed by atoms with van der Waals surface area (Å²) in [6.45, 7) is 3.93. The van der Waals surface area contributed by atoms with Gasteiger partial charge in [0, 0.05) is 31.0 Å². The van der Waals surface area contributed by atoms with Gasteiger partial charge < -0.3 is 20.1 Å². The van der Waals surface area contributed by atoms with Gasteiger partial charge in [-0.25, -0.2) is 9.59 Å². The normalized spacial score (nSPS) is 27.6. The molecule has 29 heavy (non-hydrogen) atoms.